The molecule has 0 radical (unpaired) electrons. The first-order valence-electron chi connectivity index (χ1n) is 5.82. The minimum Gasteiger partial charge on any atom is -0.328 e. The monoisotopic (exact) mass is 214 g/mol. The van der Waals surface area contributed by atoms with Crippen LogP contribution < -0.4 is 5.73 Å². The van der Waals surface area contributed by atoms with E-state index < -0.39 is 0 Å². The lowest BCUT2D eigenvalue weighted by molar-refractivity contribution is 0.155. The van der Waals surface area contributed by atoms with Crippen molar-refractivity contribution in [3.05, 3.63) is 0 Å². The molecule has 0 aromatic rings. The molecule has 2 aliphatic rings. The molecule has 2 nitrogen and oxygen atoms in total. The van der Waals surface area contributed by atoms with Crippen molar-refractivity contribution in [1.29, 1.82) is 0 Å². The summed E-state index contributed by atoms with van der Waals surface area (Å²) in [6.45, 7) is 2.49. The minimum atomic E-state index is 0.476. The second kappa shape index (κ2) is 4.86. The highest BCUT2D eigenvalue weighted by atomic mass is 32.2. The van der Waals surface area contributed by atoms with E-state index in [-0.39, 0.29) is 0 Å². The third-order valence-corrected chi connectivity index (χ3v) is 4.88. The molecule has 1 aliphatic heterocycles. The van der Waals surface area contributed by atoms with Gasteiger partial charge in [-0.3, -0.25) is 0 Å². The van der Waals surface area contributed by atoms with E-state index >= 15 is 0 Å². The Morgan fingerprint density at radius 3 is 2.43 bits per heavy atom. The molecule has 0 aromatic heterocycles. The lowest BCUT2D eigenvalue weighted by atomic mass is 10.0. The Labute approximate surface area is 91.6 Å². The van der Waals surface area contributed by atoms with Crippen LogP contribution in [0, 0.1) is 0 Å². The maximum atomic E-state index is 5.92. The predicted octanol–water partition coefficient (Wildman–Crippen LogP) is 1.69. The van der Waals surface area contributed by atoms with Crippen LogP contribution in [0.2, 0.25) is 0 Å². The smallest absolute Gasteiger partial charge is 0.0106 e. The second-order valence-corrected chi connectivity index (χ2v) is 5.84. The Hall–Kier alpha value is 0.270. The van der Waals surface area contributed by atoms with E-state index in [4.69, 9.17) is 5.73 Å². The maximum absolute atomic E-state index is 5.92. The van der Waals surface area contributed by atoms with E-state index in [2.05, 4.69) is 11.2 Å². The zero-order valence-corrected chi connectivity index (χ0v) is 9.93. The first-order chi connectivity index (χ1) is 6.79. The molecule has 14 heavy (non-hydrogen) atoms. The Kier molecular flexibility index (Phi) is 3.74. The molecule has 1 saturated heterocycles. The fraction of sp³-hybridized carbons (Fsp3) is 1.00. The summed E-state index contributed by atoms with van der Waals surface area (Å²) >= 11 is 2.05. The Morgan fingerprint density at radius 2 is 1.86 bits per heavy atom. The van der Waals surface area contributed by atoms with Crippen LogP contribution in [0.3, 0.4) is 0 Å². The quantitative estimate of drug-likeness (QED) is 0.758. The molecule has 3 heteroatoms. The molecule has 2 rings (SSSR count). The SMILES string of the molecule is CSC1CCC(N2CCC(N)CC2)C1. The normalized spacial score (nSPS) is 36.4. The summed E-state index contributed by atoms with van der Waals surface area (Å²) in [6, 6.07) is 1.35. The summed E-state index contributed by atoms with van der Waals surface area (Å²) in [5.41, 5.74) is 5.92. The number of nitrogens with zero attached hydrogens (tertiary/aromatic N) is 1. The van der Waals surface area contributed by atoms with Gasteiger partial charge in [-0.2, -0.15) is 11.8 Å². The van der Waals surface area contributed by atoms with Crippen LogP contribution in [0.4, 0.5) is 0 Å². The van der Waals surface area contributed by atoms with Gasteiger partial charge in [0.25, 0.3) is 0 Å². The van der Waals surface area contributed by atoms with Gasteiger partial charge in [-0.25, -0.2) is 0 Å². The van der Waals surface area contributed by atoms with Crippen molar-refractivity contribution in [3.63, 3.8) is 0 Å². The predicted molar refractivity (Wildman–Crippen MR) is 63.7 cm³/mol. The fourth-order valence-electron chi connectivity index (χ4n) is 2.75. The van der Waals surface area contributed by atoms with Gasteiger partial charge in [0.15, 0.2) is 0 Å². The molecule has 1 saturated carbocycles. The lowest BCUT2D eigenvalue weighted by Crippen LogP contribution is -2.44. The number of nitrogens with two attached hydrogens (primary N) is 1. The standard InChI is InChI=1S/C11H22N2S/c1-14-11-3-2-10(8-11)13-6-4-9(12)5-7-13/h9-11H,2-8,12H2,1H3. The second-order valence-electron chi connectivity index (χ2n) is 4.70. The highest BCUT2D eigenvalue weighted by Crippen LogP contribution is 2.32. The van der Waals surface area contributed by atoms with Crippen LogP contribution in [-0.4, -0.2) is 41.6 Å². The molecule has 2 atom stereocenters. The summed E-state index contributed by atoms with van der Waals surface area (Å²) in [5.74, 6) is 0. The van der Waals surface area contributed by atoms with Crippen LogP contribution in [0.25, 0.3) is 0 Å². The fourth-order valence-corrected chi connectivity index (χ4v) is 3.53. The molecule has 0 bridgehead atoms. The lowest BCUT2D eigenvalue weighted by Gasteiger charge is -2.34. The summed E-state index contributed by atoms with van der Waals surface area (Å²) in [7, 11) is 0. The van der Waals surface area contributed by atoms with Gasteiger partial charge >= 0.3 is 0 Å². The molecular weight excluding hydrogens is 192 g/mol. The number of hydrogen-bond acceptors (Lipinski definition) is 3. The third-order valence-electron chi connectivity index (χ3n) is 3.78. The number of rotatable bonds is 2. The van der Waals surface area contributed by atoms with Gasteiger partial charge in [0.05, 0.1) is 0 Å². The molecule has 2 N–H and O–H groups in total. The number of piperidine rings is 1. The first-order valence-corrected chi connectivity index (χ1v) is 7.11. The van der Waals surface area contributed by atoms with Gasteiger partial charge in [-0.15, -0.1) is 0 Å². The highest BCUT2D eigenvalue weighted by Gasteiger charge is 2.30. The molecule has 0 amide bonds. The first kappa shape index (κ1) is 10.8. The van der Waals surface area contributed by atoms with Gasteiger partial charge < -0.3 is 10.6 Å². The third kappa shape index (κ3) is 2.44. The molecule has 0 spiro atoms. The molecule has 1 aliphatic carbocycles. The van der Waals surface area contributed by atoms with Crippen LogP contribution in [0.1, 0.15) is 32.1 Å². The summed E-state index contributed by atoms with van der Waals surface area (Å²) in [5, 5.41) is 0.926. The number of thioether (sulfide) groups is 1. The van der Waals surface area contributed by atoms with Crippen molar-refractivity contribution in [1.82, 2.24) is 4.90 Å². The maximum Gasteiger partial charge on any atom is 0.0106 e. The van der Waals surface area contributed by atoms with Gasteiger partial charge in [-0.1, -0.05) is 0 Å². The summed E-state index contributed by atoms with van der Waals surface area (Å²) in [4.78, 5) is 2.68. The van der Waals surface area contributed by atoms with E-state index in [1.54, 1.807) is 0 Å². The van der Waals surface area contributed by atoms with Crippen LogP contribution >= 0.6 is 11.8 Å². The van der Waals surface area contributed by atoms with Crippen molar-refractivity contribution in [2.45, 2.75) is 49.4 Å². The van der Waals surface area contributed by atoms with E-state index in [9.17, 15) is 0 Å². The largest absolute Gasteiger partial charge is 0.328 e. The van der Waals surface area contributed by atoms with Crippen molar-refractivity contribution in [3.8, 4) is 0 Å². The van der Waals surface area contributed by atoms with Gasteiger partial charge in [0, 0.05) is 17.3 Å². The Balaban J connectivity index is 1.79. The van der Waals surface area contributed by atoms with E-state index in [0.717, 1.165) is 11.3 Å². The molecule has 2 fully saturated rings. The van der Waals surface area contributed by atoms with Gasteiger partial charge in [0.1, 0.15) is 0 Å². The average molecular weight is 214 g/mol. The van der Waals surface area contributed by atoms with Crippen molar-refractivity contribution in [2.24, 2.45) is 5.73 Å². The Bertz CT molecular complexity index is 178. The van der Waals surface area contributed by atoms with Crippen molar-refractivity contribution >= 4 is 11.8 Å². The molecule has 82 valence electrons. The topological polar surface area (TPSA) is 29.3 Å². The highest BCUT2D eigenvalue weighted by molar-refractivity contribution is 7.99. The van der Waals surface area contributed by atoms with Crippen LogP contribution in [0.15, 0.2) is 0 Å². The zero-order valence-electron chi connectivity index (χ0n) is 9.11. The summed E-state index contributed by atoms with van der Waals surface area (Å²) in [6.07, 6.45) is 8.92. The van der Waals surface area contributed by atoms with E-state index in [0.29, 0.717) is 6.04 Å². The van der Waals surface area contributed by atoms with E-state index in [1.165, 1.54) is 45.2 Å². The van der Waals surface area contributed by atoms with Gasteiger partial charge in [-0.05, 0) is 51.4 Å². The van der Waals surface area contributed by atoms with Crippen molar-refractivity contribution < 1.29 is 0 Å². The van der Waals surface area contributed by atoms with Crippen LogP contribution in [-0.2, 0) is 0 Å². The Morgan fingerprint density at radius 1 is 1.14 bits per heavy atom. The van der Waals surface area contributed by atoms with Crippen molar-refractivity contribution in [2.75, 3.05) is 19.3 Å². The molecular formula is C11H22N2S. The average Bonchev–Trinajstić information content (AvgIpc) is 2.67. The molecule has 1 heterocycles. The van der Waals surface area contributed by atoms with E-state index in [1.807, 2.05) is 11.8 Å². The zero-order chi connectivity index (χ0) is 9.97. The molecule has 0 aromatic carbocycles. The number of likely N-dealkylation sites (tertiary alicyclic amines) is 1. The molecule has 2 unspecified atom stereocenters. The minimum absolute atomic E-state index is 0.476. The van der Waals surface area contributed by atoms with Crippen LogP contribution in [0.5, 0.6) is 0 Å². The number of hydrogen-bond donors (Lipinski definition) is 1. The van der Waals surface area contributed by atoms with Gasteiger partial charge in [0.2, 0.25) is 0 Å². The summed E-state index contributed by atoms with van der Waals surface area (Å²) < 4.78 is 0.